The predicted molar refractivity (Wildman–Crippen MR) is 98.7 cm³/mol. The summed E-state index contributed by atoms with van der Waals surface area (Å²) in [6, 6.07) is 8.47. The van der Waals surface area contributed by atoms with E-state index in [1.807, 2.05) is 30.3 Å². The van der Waals surface area contributed by atoms with Crippen molar-refractivity contribution < 1.29 is 14.3 Å². The van der Waals surface area contributed by atoms with Gasteiger partial charge in [-0.1, -0.05) is 42.1 Å². The zero-order chi connectivity index (χ0) is 19.4. The molecule has 27 heavy (non-hydrogen) atoms. The predicted octanol–water partition coefficient (Wildman–Crippen LogP) is 1.52. The molecule has 1 aliphatic heterocycles. The molecule has 0 bridgehead atoms. The number of thioether (sulfide) groups is 1. The Morgan fingerprint density at radius 2 is 2.04 bits per heavy atom. The number of rotatable bonds is 6. The second-order valence-electron chi connectivity index (χ2n) is 5.81. The van der Waals surface area contributed by atoms with Gasteiger partial charge in [0, 0.05) is 25.5 Å². The van der Waals surface area contributed by atoms with Gasteiger partial charge in [-0.25, -0.2) is 14.3 Å². The lowest BCUT2D eigenvalue weighted by molar-refractivity contribution is -0.139. The third-order valence-electron chi connectivity index (χ3n) is 4.12. The number of carbonyl (C=O) groups excluding carboxylic acids is 2. The molecular formula is C17H20N6O3S. The summed E-state index contributed by atoms with van der Waals surface area (Å²) < 4.78 is 6.81. The van der Waals surface area contributed by atoms with Crippen LogP contribution in [0.5, 0.6) is 0 Å². The van der Waals surface area contributed by atoms with E-state index >= 15 is 0 Å². The van der Waals surface area contributed by atoms with Gasteiger partial charge in [0.15, 0.2) is 0 Å². The highest BCUT2D eigenvalue weighted by Gasteiger charge is 2.36. The second-order valence-corrected chi connectivity index (χ2v) is 6.75. The molecule has 1 N–H and O–H groups in total. The first-order valence-corrected chi connectivity index (χ1v) is 9.36. The van der Waals surface area contributed by atoms with E-state index in [1.165, 1.54) is 21.3 Å². The van der Waals surface area contributed by atoms with Crippen LogP contribution in [-0.2, 0) is 16.6 Å². The number of hydrogen-bond acceptors (Lipinski definition) is 7. The Morgan fingerprint density at radius 3 is 2.67 bits per heavy atom. The molecule has 0 saturated carbocycles. The Bertz CT molecular complexity index is 867. The first-order chi connectivity index (χ1) is 13.0. The lowest BCUT2D eigenvalue weighted by Gasteiger charge is -2.34. The summed E-state index contributed by atoms with van der Waals surface area (Å²) in [7, 11) is 3.35. The van der Waals surface area contributed by atoms with Gasteiger partial charge in [0.1, 0.15) is 0 Å². The quantitative estimate of drug-likeness (QED) is 0.591. The fraction of sp³-hybridized carbons (Fsp3) is 0.353. The van der Waals surface area contributed by atoms with Crippen LogP contribution in [0.2, 0.25) is 0 Å². The molecule has 1 aromatic carbocycles. The van der Waals surface area contributed by atoms with Crippen molar-refractivity contribution in [1.82, 2.24) is 30.4 Å². The summed E-state index contributed by atoms with van der Waals surface area (Å²) in [5.41, 5.74) is 1.79. The molecule has 2 aromatic rings. The minimum Gasteiger partial charge on any atom is -0.463 e. The van der Waals surface area contributed by atoms with E-state index in [1.54, 1.807) is 21.0 Å². The smallest absolute Gasteiger partial charge is 0.338 e. The molecule has 1 atom stereocenters. The van der Waals surface area contributed by atoms with Crippen molar-refractivity contribution in [3.63, 3.8) is 0 Å². The number of nitrogens with zero attached hydrogens (tertiary/aromatic N) is 5. The van der Waals surface area contributed by atoms with Crippen LogP contribution in [-0.4, -0.2) is 56.5 Å². The van der Waals surface area contributed by atoms with Crippen LogP contribution < -0.4 is 5.32 Å². The summed E-state index contributed by atoms with van der Waals surface area (Å²) in [6.45, 7) is 2.00. The summed E-state index contributed by atoms with van der Waals surface area (Å²) in [5.74, 6) is -0.111. The molecule has 0 saturated heterocycles. The molecule has 3 rings (SSSR count). The molecule has 0 radical (unpaired) electrons. The number of urea groups is 1. The van der Waals surface area contributed by atoms with Gasteiger partial charge in [-0.3, -0.25) is 4.90 Å². The maximum absolute atomic E-state index is 12.8. The van der Waals surface area contributed by atoms with Crippen LogP contribution >= 0.6 is 11.8 Å². The Labute approximate surface area is 160 Å². The molecule has 9 nitrogen and oxygen atoms in total. The van der Waals surface area contributed by atoms with Crippen molar-refractivity contribution in [2.24, 2.45) is 7.05 Å². The van der Waals surface area contributed by atoms with Crippen molar-refractivity contribution >= 4 is 23.8 Å². The van der Waals surface area contributed by atoms with E-state index in [-0.39, 0.29) is 12.6 Å². The highest BCUT2D eigenvalue weighted by atomic mass is 32.2. The van der Waals surface area contributed by atoms with Gasteiger partial charge in [-0.15, -0.1) is 5.10 Å². The normalized spacial score (nSPS) is 17.1. The maximum atomic E-state index is 12.8. The van der Waals surface area contributed by atoms with E-state index in [0.29, 0.717) is 22.2 Å². The average Bonchev–Trinajstić information content (AvgIpc) is 3.08. The minimum absolute atomic E-state index is 0.245. The van der Waals surface area contributed by atoms with Crippen LogP contribution in [0.3, 0.4) is 0 Å². The summed E-state index contributed by atoms with van der Waals surface area (Å²) in [5, 5.41) is 14.8. The third-order valence-corrected chi connectivity index (χ3v) is 5.15. The van der Waals surface area contributed by atoms with Crippen LogP contribution in [0.1, 0.15) is 18.5 Å². The lowest BCUT2D eigenvalue weighted by atomic mass is 9.95. The molecule has 0 spiro atoms. The maximum Gasteiger partial charge on any atom is 0.338 e. The molecule has 0 unspecified atom stereocenters. The molecule has 0 aliphatic carbocycles. The highest BCUT2D eigenvalue weighted by Crippen LogP contribution is 2.33. The summed E-state index contributed by atoms with van der Waals surface area (Å²) >= 11 is 1.34. The molecule has 10 heteroatoms. The number of carbonyl (C=O) groups is 2. The fourth-order valence-electron chi connectivity index (χ4n) is 2.75. The Morgan fingerprint density at radius 1 is 1.30 bits per heavy atom. The standard InChI is InChI=1S/C17H20N6O3S/c1-4-26-15(24)13-12(10-27-17-19-20-21-23(17)3)22(2)16(25)18-14(13)11-8-6-5-7-9-11/h5-9,14H,4,10H2,1-3H3,(H,18,25)/t14-/m0/s1. The molecule has 2 heterocycles. The Kier molecular flexibility index (Phi) is 5.75. The largest absolute Gasteiger partial charge is 0.463 e. The van der Waals surface area contributed by atoms with Crippen LogP contribution in [0, 0.1) is 0 Å². The van der Waals surface area contributed by atoms with Gasteiger partial charge in [0.2, 0.25) is 5.16 Å². The van der Waals surface area contributed by atoms with E-state index in [0.717, 1.165) is 5.56 Å². The lowest BCUT2D eigenvalue weighted by Crippen LogP contribution is -2.47. The summed E-state index contributed by atoms with van der Waals surface area (Å²) in [6.07, 6.45) is 0. The number of aryl methyl sites for hydroxylation is 1. The van der Waals surface area contributed by atoms with Gasteiger partial charge in [-0.2, -0.15) is 0 Å². The van der Waals surface area contributed by atoms with E-state index in [4.69, 9.17) is 4.74 Å². The number of esters is 1. The molecule has 142 valence electrons. The van der Waals surface area contributed by atoms with Gasteiger partial charge in [-0.05, 0) is 22.9 Å². The van der Waals surface area contributed by atoms with Gasteiger partial charge >= 0.3 is 12.0 Å². The third kappa shape index (κ3) is 3.95. The Hall–Kier alpha value is -2.88. The molecule has 1 aliphatic rings. The van der Waals surface area contributed by atoms with Crippen molar-refractivity contribution in [3.05, 3.63) is 47.2 Å². The van der Waals surface area contributed by atoms with Crippen molar-refractivity contribution in [3.8, 4) is 0 Å². The van der Waals surface area contributed by atoms with E-state index < -0.39 is 12.0 Å². The molecule has 0 fully saturated rings. The minimum atomic E-state index is -0.581. The van der Waals surface area contributed by atoms with E-state index in [9.17, 15) is 9.59 Å². The highest BCUT2D eigenvalue weighted by molar-refractivity contribution is 7.99. The van der Waals surface area contributed by atoms with Crippen LogP contribution in [0.25, 0.3) is 0 Å². The monoisotopic (exact) mass is 388 g/mol. The van der Waals surface area contributed by atoms with Gasteiger partial charge < -0.3 is 10.1 Å². The Balaban J connectivity index is 2.03. The fourth-order valence-corrected chi connectivity index (χ4v) is 3.69. The SMILES string of the molecule is CCOC(=O)C1=C(CSc2nnnn2C)N(C)C(=O)N[C@H]1c1ccccc1. The number of aromatic nitrogens is 4. The number of hydrogen-bond donors (Lipinski definition) is 1. The van der Waals surface area contributed by atoms with Crippen LogP contribution in [0.4, 0.5) is 4.79 Å². The zero-order valence-electron chi connectivity index (χ0n) is 15.2. The number of ether oxygens (including phenoxy) is 1. The van der Waals surface area contributed by atoms with Crippen molar-refractivity contribution in [2.45, 2.75) is 18.1 Å². The van der Waals surface area contributed by atoms with E-state index in [2.05, 4.69) is 20.8 Å². The van der Waals surface area contributed by atoms with Gasteiger partial charge in [0.25, 0.3) is 0 Å². The number of tetrazole rings is 1. The molecule has 1 aromatic heterocycles. The van der Waals surface area contributed by atoms with Gasteiger partial charge in [0.05, 0.1) is 18.2 Å². The van der Waals surface area contributed by atoms with Crippen molar-refractivity contribution in [1.29, 1.82) is 0 Å². The topological polar surface area (TPSA) is 102 Å². The zero-order valence-corrected chi connectivity index (χ0v) is 16.1. The average molecular weight is 388 g/mol. The molecule has 2 amide bonds. The van der Waals surface area contributed by atoms with Crippen LogP contribution in [0.15, 0.2) is 46.8 Å². The number of amides is 2. The second kappa shape index (κ2) is 8.21. The first-order valence-electron chi connectivity index (χ1n) is 8.37. The first kappa shape index (κ1) is 18.9. The van der Waals surface area contributed by atoms with Crippen molar-refractivity contribution in [2.75, 3.05) is 19.4 Å². The summed E-state index contributed by atoms with van der Waals surface area (Å²) in [4.78, 5) is 26.7. The number of nitrogens with one attached hydrogen (secondary N) is 1. The molecular weight excluding hydrogens is 368 g/mol. The number of benzene rings is 1.